The smallest absolute Gasteiger partial charge is 0.232 e. The summed E-state index contributed by atoms with van der Waals surface area (Å²) in [5.41, 5.74) is 3.93. The molecule has 0 aliphatic heterocycles. The molecule has 0 aliphatic rings. The van der Waals surface area contributed by atoms with Crippen LogP contribution in [0.25, 0.3) is 22.2 Å². The number of methoxy groups -OCH3 is 2. The van der Waals surface area contributed by atoms with Crippen LogP contribution in [-0.2, 0) is 0 Å². The van der Waals surface area contributed by atoms with Crippen LogP contribution in [0.1, 0.15) is 25.5 Å². The molecule has 3 aromatic rings. The van der Waals surface area contributed by atoms with Gasteiger partial charge in [0.15, 0.2) is 0 Å². The molecule has 5 nitrogen and oxygen atoms in total. The third kappa shape index (κ3) is 2.50. The molecular formula is C17H19N3O2. The van der Waals surface area contributed by atoms with E-state index in [1.54, 1.807) is 26.6 Å². The van der Waals surface area contributed by atoms with Gasteiger partial charge in [0.2, 0.25) is 5.88 Å². The van der Waals surface area contributed by atoms with Crippen molar-refractivity contribution >= 4 is 10.9 Å². The predicted molar refractivity (Wildman–Crippen MR) is 86.5 cm³/mol. The van der Waals surface area contributed by atoms with Crippen LogP contribution in [0.5, 0.6) is 11.6 Å². The molecule has 22 heavy (non-hydrogen) atoms. The van der Waals surface area contributed by atoms with Gasteiger partial charge in [-0.15, -0.1) is 0 Å². The summed E-state index contributed by atoms with van der Waals surface area (Å²) in [7, 11) is 3.24. The van der Waals surface area contributed by atoms with Gasteiger partial charge >= 0.3 is 0 Å². The molecule has 1 N–H and O–H groups in total. The zero-order chi connectivity index (χ0) is 15.7. The van der Waals surface area contributed by atoms with Gasteiger partial charge in [-0.3, -0.25) is 0 Å². The van der Waals surface area contributed by atoms with Crippen LogP contribution in [0.3, 0.4) is 0 Å². The van der Waals surface area contributed by atoms with E-state index in [9.17, 15) is 0 Å². The van der Waals surface area contributed by atoms with Crippen molar-refractivity contribution in [3.8, 4) is 22.9 Å². The van der Waals surface area contributed by atoms with Crippen molar-refractivity contribution in [2.24, 2.45) is 0 Å². The average Bonchev–Trinajstić information content (AvgIpc) is 2.97. The maximum absolute atomic E-state index is 5.52. The Morgan fingerprint density at radius 2 is 1.82 bits per heavy atom. The number of ether oxygens (including phenoxy) is 2. The van der Waals surface area contributed by atoms with Crippen LogP contribution in [0.4, 0.5) is 0 Å². The number of aromatic amines is 1. The summed E-state index contributed by atoms with van der Waals surface area (Å²) in [5.74, 6) is 1.72. The van der Waals surface area contributed by atoms with Gasteiger partial charge in [-0.1, -0.05) is 13.8 Å². The highest BCUT2D eigenvalue weighted by Gasteiger charge is 2.13. The molecule has 3 rings (SSSR count). The highest BCUT2D eigenvalue weighted by molar-refractivity contribution is 5.88. The Hall–Kier alpha value is -2.56. The molecule has 0 saturated heterocycles. The molecule has 114 valence electrons. The van der Waals surface area contributed by atoms with E-state index in [0.717, 1.165) is 27.9 Å². The van der Waals surface area contributed by atoms with E-state index in [0.29, 0.717) is 11.8 Å². The van der Waals surface area contributed by atoms with Crippen molar-refractivity contribution in [1.29, 1.82) is 0 Å². The Balaban J connectivity index is 2.13. The minimum absolute atomic E-state index is 0.447. The Labute approximate surface area is 129 Å². The Bertz CT molecular complexity index is 792. The fraction of sp³-hybridized carbons (Fsp3) is 0.294. The lowest BCUT2D eigenvalue weighted by Gasteiger charge is -2.08. The van der Waals surface area contributed by atoms with E-state index >= 15 is 0 Å². The third-order valence-electron chi connectivity index (χ3n) is 3.70. The zero-order valence-electron chi connectivity index (χ0n) is 13.2. The molecule has 0 atom stereocenters. The van der Waals surface area contributed by atoms with Crippen molar-refractivity contribution in [3.63, 3.8) is 0 Å². The molecule has 0 spiro atoms. The summed E-state index contributed by atoms with van der Waals surface area (Å²) in [4.78, 5) is 12.1. The summed E-state index contributed by atoms with van der Waals surface area (Å²) in [6, 6.07) is 6.24. The molecule has 5 heteroatoms. The average molecular weight is 297 g/mol. The van der Waals surface area contributed by atoms with Crippen LogP contribution in [0.15, 0.2) is 30.6 Å². The lowest BCUT2D eigenvalue weighted by atomic mass is 10.1. The fourth-order valence-corrected chi connectivity index (χ4v) is 2.42. The second kappa shape index (κ2) is 5.67. The van der Waals surface area contributed by atoms with Gasteiger partial charge < -0.3 is 14.5 Å². The first-order valence-electron chi connectivity index (χ1n) is 7.19. The largest absolute Gasteiger partial charge is 0.496 e. The van der Waals surface area contributed by atoms with E-state index in [4.69, 9.17) is 9.47 Å². The minimum Gasteiger partial charge on any atom is -0.496 e. The molecule has 2 heterocycles. The summed E-state index contributed by atoms with van der Waals surface area (Å²) in [6.07, 6.45) is 3.29. The molecule has 0 fully saturated rings. The van der Waals surface area contributed by atoms with Gasteiger partial charge in [0.05, 0.1) is 32.3 Å². The number of rotatable bonds is 4. The van der Waals surface area contributed by atoms with Gasteiger partial charge in [-0.2, -0.15) is 0 Å². The van der Waals surface area contributed by atoms with Crippen LogP contribution < -0.4 is 9.47 Å². The summed E-state index contributed by atoms with van der Waals surface area (Å²) in [6.45, 7) is 4.33. The second-order valence-electron chi connectivity index (χ2n) is 5.46. The van der Waals surface area contributed by atoms with E-state index in [2.05, 4.69) is 40.9 Å². The first-order chi connectivity index (χ1) is 10.6. The van der Waals surface area contributed by atoms with Gasteiger partial charge in [0.1, 0.15) is 5.75 Å². The highest BCUT2D eigenvalue weighted by Crippen LogP contribution is 2.34. The van der Waals surface area contributed by atoms with Crippen LogP contribution >= 0.6 is 0 Å². The normalized spacial score (nSPS) is 11.1. The van der Waals surface area contributed by atoms with E-state index in [-0.39, 0.29) is 0 Å². The highest BCUT2D eigenvalue weighted by atomic mass is 16.5. The standard InChI is InChI=1S/C17H19N3O2/c1-10(2)13-5-11-6-16(21-3)12(7-14(11)20-13)15-8-19-17(22-4)9-18-15/h5-10,20H,1-4H3. The Morgan fingerprint density at radius 1 is 1.00 bits per heavy atom. The zero-order valence-corrected chi connectivity index (χ0v) is 13.2. The maximum Gasteiger partial charge on any atom is 0.232 e. The predicted octanol–water partition coefficient (Wildman–Crippen LogP) is 3.77. The van der Waals surface area contributed by atoms with Gasteiger partial charge in [0, 0.05) is 22.2 Å². The molecule has 0 saturated carbocycles. The third-order valence-corrected chi connectivity index (χ3v) is 3.70. The summed E-state index contributed by atoms with van der Waals surface area (Å²) in [5, 5.41) is 1.13. The summed E-state index contributed by atoms with van der Waals surface area (Å²) < 4.78 is 10.6. The van der Waals surface area contributed by atoms with Crippen molar-refractivity contribution in [2.75, 3.05) is 14.2 Å². The summed E-state index contributed by atoms with van der Waals surface area (Å²) >= 11 is 0. The van der Waals surface area contributed by atoms with Gasteiger partial charge in [-0.05, 0) is 24.1 Å². The molecule has 0 amide bonds. The fourth-order valence-electron chi connectivity index (χ4n) is 2.42. The number of fused-ring (bicyclic) bond motifs is 1. The van der Waals surface area contributed by atoms with Crippen molar-refractivity contribution in [3.05, 3.63) is 36.3 Å². The second-order valence-corrected chi connectivity index (χ2v) is 5.46. The van der Waals surface area contributed by atoms with Crippen LogP contribution in [-0.4, -0.2) is 29.2 Å². The number of nitrogens with one attached hydrogen (secondary N) is 1. The maximum atomic E-state index is 5.52. The topological polar surface area (TPSA) is 60.0 Å². The number of H-pyrrole nitrogens is 1. The first-order valence-corrected chi connectivity index (χ1v) is 7.19. The van der Waals surface area contributed by atoms with E-state index in [1.807, 2.05) is 6.07 Å². The quantitative estimate of drug-likeness (QED) is 0.796. The van der Waals surface area contributed by atoms with E-state index in [1.165, 1.54) is 5.69 Å². The number of aromatic nitrogens is 3. The van der Waals surface area contributed by atoms with Crippen LogP contribution in [0.2, 0.25) is 0 Å². The molecule has 0 bridgehead atoms. The number of hydrogen-bond donors (Lipinski definition) is 1. The van der Waals surface area contributed by atoms with Crippen molar-refractivity contribution in [1.82, 2.24) is 15.0 Å². The number of benzene rings is 1. The number of hydrogen-bond acceptors (Lipinski definition) is 4. The molecule has 0 aliphatic carbocycles. The molecule has 2 aromatic heterocycles. The monoisotopic (exact) mass is 297 g/mol. The first kappa shape index (κ1) is 14.4. The van der Waals surface area contributed by atoms with Gasteiger partial charge in [0.25, 0.3) is 0 Å². The minimum atomic E-state index is 0.447. The number of nitrogens with zero attached hydrogens (tertiary/aromatic N) is 2. The SMILES string of the molecule is COc1cnc(-c2cc3[nH]c(C(C)C)cc3cc2OC)cn1. The van der Waals surface area contributed by atoms with Crippen molar-refractivity contribution < 1.29 is 9.47 Å². The molecule has 0 radical (unpaired) electrons. The van der Waals surface area contributed by atoms with E-state index < -0.39 is 0 Å². The van der Waals surface area contributed by atoms with Gasteiger partial charge in [-0.25, -0.2) is 9.97 Å². The van der Waals surface area contributed by atoms with Crippen molar-refractivity contribution in [2.45, 2.75) is 19.8 Å². The molecular weight excluding hydrogens is 278 g/mol. The lowest BCUT2D eigenvalue weighted by molar-refractivity contribution is 0.395. The Morgan fingerprint density at radius 3 is 2.41 bits per heavy atom. The van der Waals surface area contributed by atoms with Crippen LogP contribution in [0, 0.1) is 0 Å². The molecule has 1 aromatic carbocycles. The Kier molecular flexibility index (Phi) is 3.71. The lowest BCUT2D eigenvalue weighted by Crippen LogP contribution is -1.93. The molecule has 0 unspecified atom stereocenters.